The van der Waals surface area contributed by atoms with Crippen LogP contribution < -0.4 is 14.8 Å². The zero-order valence-corrected chi connectivity index (χ0v) is 22.9. The summed E-state index contributed by atoms with van der Waals surface area (Å²) in [5, 5.41) is 14.3. The van der Waals surface area contributed by atoms with Crippen LogP contribution in [0.2, 0.25) is 10.0 Å². The van der Waals surface area contributed by atoms with Crippen molar-refractivity contribution < 1.29 is 22.9 Å². The third-order valence-corrected chi connectivity index (χ3v) is 7.67. The number of rotatable bonds is 8. The van der Waals surface area contributed by atoms with Gasteiger partial charge in [0.2, 0.25) is 0 Å². The lowest BCUT2D eigenvalue weighted by atomic mass is 10.1. The lowest BCUT2D eigenvalue weighted by Gasteiger charge is -2.14. The van der Waals surface area contributed by atoms with Crippen molar-refractivity contribution >= 4 is 72.1 Å². The first-order chi connectivity index (χ1) is 18.0. The Morgan fingerprint density at radius 1 is 0.947 bits per heavy atom. The second kappa shape index (κ2) is 11.4. The summed E-state index contributed by atoms with van der Waals surface area (Å²) >= 11 is 15.2. The fraction of sp³-hybridized carbons (Fsp3) is 0. The summed E-state index contributed by atoms with van der Waals surface area (Å²) in [6, 6.07) is 20.5. The number of carbonyl (C=O) groups excluding carboxylic acids is 1. The minimum Gasteiger partial charge on any atom is -0.456 e. The summed E-state index contributed by atoms with van der Waals surface area (Å²) in [7, 11) is -4.13. The lowest BCUT2D eigenvalue weighted by Crippen LogP contribution is -2.18. The predicted octanol–water partition coefficient (Wildman–Crippen LogP) is 7.51. The fourth-order valence-electron chi connectivity index (χ4n) is 3.27. The minimum atomic E-state index is -4.13. The van der Waals surface area contributed by atoms with Crippen molar-refractivity contribution in [3.8, 4) is 11.5 Å². The topological polar surface area (TPSA) is 128 Å². The van der Waals surface area contributed by atoms with Crippen LogP contribution in [-0.4, -0.2) is 19.2 Å². The van der Waals surface area contributed by atoms with Crippen LogP contribution >= 0.6 is 39.1 Å². The van der Waals surface area contributed by atoms with Crippen LogP contribution in [0.25, 0.3) is 0 Å². The summed E-state index contributed by atoms with van der Waals surface area (Å²) in [6.07, 6.45) is 0. The van der Waals surface area contributed by atoms with Gasteiger partial charge >= 0.3 is 0 Å². The molecule has 0 fully saturated rings. The fourth-order valence-corrected chi connectivity index (χ4v) is 5.08. The van der Waals surface area contributed by atoms with E-state index < -0.39 is 20.9 Å². The Labute approximate surface area is 235 Å². The van der Waals surface area contributed by atoms with Crippen molar-refractivity contribution in [1.82, 2.24) is 0 Å². The molecule has 0 atom stereocenters. The molecule has 0 saturated heterocycles. The van der Waals surface area contributed by atoms with E-state index in [4.69, 9.17) is 27.9 Å². The highest BCUT2D eigenvalue weighted by Crippen LogP contribution is 2.31. The average Bonchev–Trinajstić information content (AvgIpc) is 2.87. The van der Waals surface area contributed by atoms with E-state index >= 15 is 0 Å². The number of hydrogen-bond donors (Lipinski definition) is 2. The van der Waals surface area contributed by atoms with Gasteiger partial charge in [0.25, 0.3) is 21.6 Å². The van der Waals surface area contributed by atoms with Crippen LogP contribution in [0.3, 0.4) is 0 Å². The smallest absolute Gasteiger partial charge is 0.285 e. The molecule has 4 aromatic carbocycles. The number of sulfonamides is 1. The number of carbonyl (C=O) groups is 1. The Morgan fingerprint density at radius 2 is 1.66 bits per heavy atom. The SMILES string of the molecule is O=C(Nc1ccc(Br)c([N+](=O)[O-])c1)c1cc(Cl)ccc1NS(=O)(=O)c1ccc(Oc2ccccc2Cl)cc1. The maximum Gasteiger partial charge on any atom is 0.285 e. The maximum atomic E-state index is 13.1. The zero-order valence-electron chi connectivity index (χ0n) is 19.0. The molecule has 4 rings (SSSR count). The summed E-state index contributed by atoms with van der Waals surface area (Å²) < 4.78 is 34.5. The zero-order chi connectivity index (χ0) is 27.4. The molecular weight excluding hydrogens is 621 g/mol. The first kappa shape index (κ1) is 27.4. The predicted molar refractivity (Wildman–Crippen MR) is 149 cm³/mol. The van der Waals surface area contributed by atoms with Crippen molar-refractivity contribution in [3.63, 3.8) is 0 Å². The molecule has 0 saturated carbocycles. The van der Waals surface area contributed by atoms with Gasteiger partial charge in [-0.3, -0.25) is 19.6 Å². The van der Waals surface area contributed by atoms with E-state index in [1.54, 1.807) is 24.3 Å². The number of nitrogens with zero attached hydrogens (tertiary/aromatic N) is 1. The molecule has 0 aliphatic carbocycles. The molecule has 13 heteroatoms. The van der Waals surface area contributed by atoms with Crippen molar-refractivity contribution in [2.45, 2.75) is 4.90 Å². The molecule has 0 unspecified atom stereocenters. The number of nitro groups is 1. The quantitative estimate of drug-likeness (QED) is 0.152. The number of para-hydroxylation sites is 1. The number of amides is 1. The highest BCUT2D eigenvalue weighted by Gasteiger charge is 2.21. The number of halogens is 3. The van der Waals surface area contributed by atoms with E-state index in [2.05, 4.69) is 26.0 Å². The summed E-state index contributed by atoms with van der Waals surface area (Å²) in [4.78, 5) is 23.5. The van der Waals surface area contributed by atoms with Crippen LogP contribution in [0.5, 0.6) is 11.5 Å². The number of nitrogens with one attached hydrogen (secondary N) is 2. The van der Waals surface area contributed by atoms with Gasteiger partial charge in [0, 0.05) is 16.8 Å². The molecule has 0 radical (unpaired) electrons. The van der Waals surface area contributed by atoms with Crippen molar-refractivity contribution in [3.05, 3.63) is 115 Å². The molecule has 0 bridgehead atoms. The van der Waals surface area contributed by atoms with Gasteiger partial charge in [0.15, 0.2) is 0 Å². The molecule has 1 amide bonds. The highest BCUT2D eigenvalue weighted by molar-refractivity contribution is 9.10. The minimum absolute atomic E-state index is 0.0464. The summed E-state index contributed by atoms with van der Waals surface area (Å²) in [5.74, 6) is 0.0494. The summed E-state index contributed by atoms with van der Waals surface area (Å²) in [5.41, 5.74) is -0.259. The van der Waals surface area contributed by atoms with Crippen LogP contribution in [0.15, 0.2) is 94.3 Å². The van der Waals surface area contributed by atoms with E-state index in [1.807, 2.05) is 0 Å². The molecule has 0 heterocycles. The Hall–Kier alpha value is -3.64. The van der Waals surface area contributed by atoms with Crippen molar-refractivity contribution in [1.29, 1.82) is 0 Å². The number of ether oxygens (including phenoxy) is 1. The molecular formula is C25H16BrCl2N3O6S. The second-order valence-electron chi connectivity index (χ2n) is 7.68. The number of anilines is 2. The molecule has 9 nitrogen and oxygen atoms in total. The third kappa shape index (κ3) is 6.43. The standard InChI is InChI=1S/C25H16BrCl2N3O6S/c26-20-11-6-16(14-23(20)31(33)34)29-25(32)19-13-15(27)5-12-22(19)30-38(35,36)18-9-7-17(8-10-18)37-24-4-2-1-3-21(24)28/h1-14,30H,(H,29,32). The lowest BCUT2D eigenvalue weighted by molar-refractivity contribution is -0.385. The van der Waals surface area contributed by atoms with Crippen LogP contribution in [0.4, 0.5) is 17.1 Å². The van der Waals surface area contributed by atoms with E-state index in [0.29, 0.717) is 16.5 Å². The van der Waals surface area contributed by atoms with Crippen molar-refractivity contribution in [2.24, 2.45) is 0 Å². The van der Waals surface area contributed by atoms with Gasteiger partial charge in [-0.25, -0.2) is 8.42 Å². The van der Waals surface area contributed by atoms with Gasteiger partial charge in [0.05, 0.1) is 30.6 Å². The molecule has 0 aliphatic heterocycles. The molecule has 0 aromatic heterocycles. The normalized spacial score (nSPS) is 11.0. The van der Waals surface area contributed by atoms with Crippen LogP contribution in [-0.2, 0) is 10.0 Å². The second-order valence-corrected chi connectivity index (χ2v) is 11.1. The van der Waals surface area contributed by atoms with E-state index in [1.165, 1.54) is 60.7 Å². The first-order valence-corrected chi connectivity index (χ1v) is 13.7. The Kier molecular flexibility index (Phi) is 8.22. The third-order valence-electron chi connectivity index (χ3n) is 5.07. The van der Waals surface area contributed by atoms with Gasteiger partial charge in [-0.1, -0.05) is 35.3 Å². The largest absolute Gasteiger partial charge is 0.456 e. The number of nitro benzene ring substituents is 1. The van der Waals surface area contributed by atoms with Gasteiger partial charge in [-0.15, -0.1) is 0 Å². The molecule has 4 aromatic rings. The Morgan fingerprint density at radius 3 is 2.34 bits per heavy atom. The first-order valence-electron chi connectivity index (χ1n) is 10.6. The number of hydrogen-bond acceptors (Lipinski definition) is 6. The Balaban J connectivity index is 1.56. The molecule has 194 valence electrons. The summed E-state index contributed by atoms with van der Waals surface area (Å²) in [6.45, 7) is 0. The van der Waals surface area contributed by atoms with Gasteiger partial charge < -0.3 is 10.1 Å². The average molecular weight is 637 g/mol. The highest BCUT2D eigenvalue weighted by atomic mass is 79.9. The van der Waals surface area contributed by atoms with Gasteiger partial charge in [0.1, 0.15) is 11.5 Å². The monoisotopic (exact) mass is 635 g/mol. The molecule has 38 heavy (non-hydrogen) atoms. The van der Waals surface area contributed by atoms with Gasteiger partial charge in [-0.05, 0) is 82.7 Å². The van der Waals surface area contributed by atoms with Crippen molar-refractivity contribution in [2.75, 3.05) is 10.0 Å². The number of benzene rings is 4. The molecule has 0 spiro atoms. The molecule has 2 N–H and O–H groups in total. The Bertz CT molecular complexity index is 1650. The van der Waals surface area contributed by atoms with E-state index in [9.17, 15) is 23.3 Å². The maximum absolute atomic E-state index is 13.1. The van der Waals surface area contributed by atoms with Crippen LogP contribution in [0, 0.1) is 10.1 Å². The van der Waals surface area contributed by atoms with E-state index in [0.717, 1.165) is 0 Å². The van der Waals surface area contributed by atoms with E-state index in [-0.39, 0.29) is 37.0 Å². The van der Waals surface area contributed by atoms with Gasteiger partial charge in [-0.2, -0.15) is 0 Å². The molecule has 0 aliphatic rings. The van der Waals surface area contributed by atoms with Crippen LogP contribution in [0.1, 0.15) is 10.4 Å².